The van der Waals surface area contributed by atoms with Crippen molar-refractivity contribution in [1.29, 1.82) is 0 Å². The van der Waals surface area contributed by atoms with Gasteiger partial charge in [-0.3, -0.25) is 14.2 Å². The third kappa shape index (κ3) is 4.85. The first kappa shape index (κ1) is 21.4. The second kappa shape index (κ2) is 9.83. The molecule has 1 aromatic carbocycles. The molecule has 0 aliphatic heterocycles. The van der Waals surface area contributed by atoms with Crippen LogP contribution in [-0.4, -0.2) is 53.7 Å². The van der Waals surface area contributed by atoms with Crippen LogP contribution in [0.3, 0.4) is 0 Å². The highest BCUT2D eigenvalue weighted by Crippen LogP contribution is 2.31. The molecule has 0 aliphatic rings. The highest BCUT2D eigenvalue weighted by molar-refractivity contribution is 7.99. The minimum absolute atomic E-state index is 0.0268. The molecule has 0 bridgehead atoms. The fourth-order valence-corrected chi connectivity index (χ4v) is 3.29. The van der Waals surface area contributed by atoms with Gasteiger partial charge in [0.1, 0.15) is 17.5 Å². The molecule has 0 saturated heterocycles. The number of rotatable bonds is 9. The van der Waals surface area contributed by atoms with E-state index < -0.39 is 12.0 Å². The fourth-order valence-electron chi connectivity index (χ4n) is 2.47. The number of benzene rings is 1. The Kier molecular flexibility index (Phi) is 7.50. The third-order valence-corrected chi connectivity index (χ3v) is 4.82. The number of anilines is 2. The van der Waals surface area contributed by atoms with E-state index in [1.165, 1.54) is 18.8 Å². The molecule has 0 aliphatic carbocycles. The lowest BCUT2D eigenvalue weighted by Crippen LogP contribution is -2.27. The summed E-state index contributed by atoms with van der Waals surface area (Å²) in [7, 11) is 4.34. The van der Waals surface area contributed by atoms with Crippen molar-refractivity contribution >= 4 is 35.3 Å². The maximum Gasteiger partial charge on any atom is 0.316 e. The minimum Gasteiger partial charge on any atom is -0.497 e. The molecule has 1 heterocycles. The molecule has 11 heteroatoms. The number of carbonyl (C=O) groups excluding carboxylic acids is 2. The molecule has 1 atom stereocenters. The Bertz CT molecular complexity index is 841. The predicted octanol–water partition coefficient (Wildman–Crippen LogP) is 1.73. The average Bonchev–Trinajstić information content (AvgIpc) is 3.07. The van der Waals surface area contributed by atoms with E-state index >= 15 is 0 Å². The second-order valence-electron chi connectivity index (χ2n) is 5.56. The van der Waals surface area contributed by atoms with Crippen molar-refractivity contribution in [3.63, 3.8) is 0 Å². The van der Waals surface area contributed by atoms with Crippen LogP contribution in [-0.2, 0) is 14.3 Å². The molecule has 1 aromatic heterocycles. The Morgan fingerprint density at radius 1 is 1.25 bits per heavy atom. The van der Waals surface area contributed by atoms with Gasteiger partial charge in [-0.1, -0.05) is 18.7 Å². The number of methoxy groups -OCH3 is 3. The van der Waals surface area contributed by atoms with Gasteiger partial charge in [-0.05, 0) is 18.6 Å². The van der Waals surface area contributed by atoms with Crippen LogP contribution in [0.25, 0.3) is 0 Å². The molecule has 152 valence electrons. The smallest absolute Gasteiger partial charge is 0.316 e. The van der Waals surface area contributed by atoms with Gasteiger partial charge in [-0.2, -0.15) is 0 Å². The fraction of sp³-hybridized carbons (Fsp3) is 0.412. The normalized spacial score (nSPS) is 11.6. The number of nitrogens with zero attached hydrogens (tertiary/aromatic N) is 3. The summed E-state index contributed by atoms with van der Waals surface area (Å²) < 4.78 is 16.6. The van der Waals surface area contributed by atoms with E-state index in [0.717, 1.165) is 11.8 Å². The Labute approximate surface area is 166 Å². The van der Waals surface area contributed by atoms with Gasteiger partial charge in [0.15, 0.2) is 5.16 Å². The van der Waals surface area contributed by atoms with Crippen LogP contribution in [0.5, 0.6) is 11.5 Å². The van der Waals surface area contributed by atoms with Gasteiger partial charge < -0.3 is 25.3 Å². The van der Waals surface area contributed by atoms with Gasteiger partial charge in [0.25, 0.3) is 0 Å². The lowest BCUT2D eigenvalue weighted by molar-refractivity contribution is -0.137. The van der Waals surface area contributed by atoms with Gasteiger partial charge in [0, 0.05) is 6.07 Å². The monoisotopic (exact) mass is 409 g/mol. The summed E-state index contributed by atoms with van der Waals surface area (Å²) in [5.74, 6) is 0.428. The molecule has 3 N–H and O–H groups in total. The lowest BCUT2D eigenvalue weighted by Gasteiger charge is -2.20. The topological polar surface area (TPSA) is 131 Å². The number of hydrogen-bond acceptors (Lipinski definition) is 9. The van der Waals surface area contributed by atoms with Crippen LogP contribution in [0, 0.1) is 0 Å². The van der Waals surface area contributed by atoms with Crippen LogP contribution < -0.4 is 20.5 Å². The lowest BCUT2D eigenvalue weighted by atomic mass is 10.2. The number of nitrogen functional groups attached to an aromatic ring is 1. The summed E-state index contributed by atoms with van der Waals surface area (Å²) in [5.41, 5.74) is 6.41. The quantitative estimate of drug-likeness (QED) is 0.469. The van der Waals surface area contributed by atoms with E-state index in [1.54, 1.807) is 25.3 Å². The molecule has 2 rings (SSSR count). The van der Waals surface area contributed by atoms with Gasteiger partial charge in [-0.15, -0.1) is 10.2 Å². The first-order valence-corrected chi connectivity index (χ1v) is 9.36. The van der Waals surface area contributed by atoms with Crippen molar-refractivity contribution in [1.82, 2.24) is 14.8 Å². The summed E-state index contributed by atoms with van der Waals surface area (Å²) in [6, 6.07) is 4.39. The summed E-state index contributed by atoms with van der Waals surface area (Å²) >= 11 is 1.09. The maximum absolute atomic E-state index is 12.9. The Balaban J connectivity index is 2.25. The largest absolute Gasteiger partial charge is 0.497 e. The zero-order valence-corrected chi connectivity index (χ0v) is 16.9. The van der Waals surface area contributed by atoms with Gasteiger partial charge in [-0.25, -0.2) is 0 Å². The first-order chi connectivity index (χ1) is 13.4. The molecule has 28 heavy (non-hydrogen) atoms. The molecule has 0 fully saturated rings. The Hall–Kier alpha value is -2.95. The van der Waals surface area contributed by atoms with Crippen molar-refractivity contribution in [2.45, 2.75) is 24.5 Å². The zero-order chi connectivity index (χ0) is 20.7. The maximum atomic E-state index is 12.9. The van der Waals surface area contributed by atoms with E-state index in [9.17, 15) is 9.59 Å². The van der Waals surface area contributed by atoms with E-state index in [2.05, 4.69) is 20.3 Å². The molecule has 10 nitrogen and oxygen atoms in total. The summed E-state index contributed by atoms with van der Waals surface area (Å²) in [4.78, 5) is 24.3. The number of esters is 1. The number of carbonyl (C=O) groups is 2. The molecular formula is C17H23N5O5S. The van der Waals surface area contributed by atoms with Gasteiger partial charge in [0.2, 0.25) is 11.9 Å². The molecule has 0 spiro atoms. The highest BCUT2D eigenvalue weighted by Gasteiger charge is 2.26. The van der Waals surface area contributed by atoms with E-state index in [1.807, 2.05) is 6.92 Å². The number of amides is 1. The van der Waals surface area contributed by atoms with Crippen molar-refractivity contribution in [2.24, 2.45) is 0 Å². The molecule has 2 aromatic rings. The summed E-state index contributed by atoms with van der Waals surface area (Å²) in [6.45, 7) is 1.84. The SMILES string of the molecule is CCC(C(=O)Nc1ccc(OC)cc1OC)n1c(N)nnc1SCC(=O)OC. The highest BCUT2D eigenvalue weighted by atomic mass is 32.2. The van der Waals surface area contributed by atoms with Crippen molar-refractivity contribution < 1.29 is 23.8 Å². The van der Waals surface area contributed by atoms with Crippen LogP contribution >= 0.6 is 11.8 Å². The predicted molar refractivity (Wildman–Crippen MR) is 105 cm³/mol. The number of thioether (sulfide) groups is 1. The van der Waals surface area contributed by atoms with Crippen molar-refractivity contribution in [3.8, 4) is 11.5 Å². The number of nitrogens with one attached hydrogen (secondary N) is 1. The van der Waals surface area contributed by atoms with Crippen molar-refractivity contribution in [3.05, 3.63) is 18.2 Å². The summed E-state index contributed by atoms with van der Waals surface area (Å²) in [6.07, 6.45) is 0.429. The van der Waals surface area contributed by atoms with Gasteiger partial charge in [0.05, 0.1) is 32.8 Å². The standard InChI is InChI=1S/C17H23N5O5S/c1-5-12(22-16(18)20-21-17(22)28-9-14(23)27-4)15(24)19-11-7-6-10(25-2)8-13(11)26-3/h6-8,12H,5,9H2,1-4H3,(H2,18,20)(H,19,24). The molecular weight excluding hydrogens is 386 g/mol. The van der Waals surface area contributed by atoms with Crippen LogP contribution in [0.2, 0.25) is 0 Å². The van der Waals surface area contributed by atoms with Crippen LogP contribution in [0.15, 0.2) is 23.4 Å². The minimum atomic E-state index is -0.679. The zero-order valence-electron chi connectivity index (χ0n) is 16.1. The molecule has 1 amide bonds. The number of aromatic nitrogens is 3. The summed E-state index contributed by atoms with van der Waals surface area (Å²) in [5, 5.41) is 11.0. The molecule has 0 radical (unpaired) electrons. The Morgan fingerprint density at radius 2 is 2.00 bits per heavy atom. The van der Waals surface area contributed by atoms with E-state index in [4.69, 9.17) is 15.2 Å². The molecule has 0 saturated carbocycles. The van der Waals surface area contributed by atoms with Gasteiger partial charge >= 0.3 is 5.97 Å². The Morgan fingerprint density at radius 3 is 2.61 bits per heavy atom. The van der Waals surface area contributed by atoms with Crippen LogP contribution in [0.1, 0.15) is 19.4 Å². The van der Waals surface area contributed by atoms with E-state index in [0.29, 0.717) is 28.8 Å². The molecule has 1 unspecified atom stereocenters. The van der Waals surface area contributed by atoms with E-state index in [-0.39, 0.29) is 17.6 Å². The van der Waals surface area contributed by atoms with Crippen LogP contribution in [0.4, 0.5) is 11.6 Å². The second-order valence-corrected chi connectivity index (χ2v) is 6.50. The average molecular weight is 409 g/mol. The number of hydrogen-bond donors (Lipinski definition) is 2. The van der Waals surface area contributed by atoms with Crippen molar-refractivity contribution in [2.75, 3.05) is 38.1 Å². The third-order valence-electron chi connectivity index (χ3n) is 3.91. The number of nitrogens with two attached hydrogens (primary N) is 1. The first-order valence-electron chi connectivity index (χ1n) is 8.38. The number of ether oxygens (including phenoxy) is 3.